The van der Waals surface area contributed by atoms with E-state index in [1.54, 1.807) is 0 Å². The van der Waals surface area contributed by atoms with E-state index in [9.17, 15) is 9.59 Å². The lowest BCUT2D eigenvalue weighted by Crippen LogP contribution is -2.47. The Morgan fingerprint density at radius 1 is 0.694 bits per heavy atom. The van der Waals surface area contributed by atoms with Crippen LogP contribution in [-0.4, -0.2) is 85.7 Å². The Kier molecular flexibility index (Phi) is 6.06. The zero-order valence-corrected chi connectivity index (χ0v) is 23.5. The minimum atomic E-state index is -0.492. The minimum Gasteiger partial charge on any atom is -0.469 e. The van der Waals surface area contributed by atoms with Crippen molar-refractivity contribution in [2.75, 3.05) is 7.11 Å². The summed E-state index contributed by atoms with van der Waals surface area (Å²) < 4.78 is 10.9. The van der Waals surface area contributed by atoms with Gasteiger partial charge in [0.15, 0.2) is 0 Å². The normalized spacial score (nSPS) is 40.3. The number of nitrogens with zero attached hydrogens (tertiary/aromatic N) is 3. The Labute approximate surface area is 225 Å². The number of carbonyl (C=O) groups is 2. The zero-order valence-electron chi connectivity index (χ0n) is 21.9. The molecule has 6 heterocycles. The molecule has 7 nitrogen and oxygen atoms in total. The average molecular weight is 534 g/mol. The van der Waals surface area contributed by atoms with Gasteiger partial charge in [0.05, 0.1) is 23.0 Å². The highest BCUT2D eigenvalue weighted by atomic mass is 32.1. The third kappa shape index (κ3) is 3.77. The van der Waals surface area contributed by atoms with Crippen molar-refractivity contribution in [2.24, 2.45) is 17.8 Å². The highest BCUT2D eigenvalue weighted by Crippen LogP contribution is 2.51. The fourth-order valence-corrected chi connectivity index (χ4v) is 9.65. The van der Waals surface area contributed by atoms with E-state index in [1.807, 2.05) is 25.7 Å². The molecule has 6 aliphatic rings. The van der Waals surface area contributed by atoms with Gasteiger partial charge in [-0.25, -0.2) is 4.79 Å². The summed E-state index contributed by atoms with van der Waals surface area (Å²) in [6.45, 7) is 5.78. The van der Waals surface area contributed by atoms with Crippen molar-refractivity contribution < 1.29 is 19.1 Å². The van der Waals surface area contributed by atoms with E-state index in [2.05, 4.69) is 9.80 Å². The summed E-state index contributed by atoms with van der Waals surface area (Å²) in [7, 11) is 1.49. The molecule has 6 rings (SSSR count). The number of thiocarbonyl (C=S) groups is 2. The topological polar surface area (TPSA) is 62.3 Å². The molecule has 0 spiro atoms. The molecule has 9 heteroatoms. The van der Waals surface area contributed by atoms with E-state index in [0.717, 1.165) is 67.8 Å². The Hall–Kier alpha value is -1.48. The maximum Gasteiger partial charge on any atom is 0.410 e. The summed E-state index contributed by atoms with van der Waals surface area (Å²) in [5.41, 5.74) is -0.492. The van der Waals surface area contributed by atoms with Crippen LogP contribution in [0.3, 0.4) is 0 Å². The van der Waals surface area contributed by atoms with E-state index < -0.39 is 5.60 Å². The number of rotatable bonds is 3. The molecule has 0 aromatic rings. The van der Waals surface area contributed by atoms with Crippen molar-refractivity contribution in [1.29, 1.82) is 0 Å². The molecule has 0 saturated carbocycles. The second kappa shape index (κ2) is 8.79. The molecule has 198 valence electrons. The number of hydrogen-bond acceptors (Lipinski definition) is 6. The molecular formula is C27H39N3O4S2. The van der Waals surface area contributed by atoms with Gasteiger partial charge in [0, 0.05) is 48.1 Å². The largest absolute Gasteiger partial charge is 0.469 e. The van der Waals surface area contributed by atoms with Crippen molar-refractivity contribution >= 4 is 46.5 Å². The smallest absolute Gasteiger partial charge is 0.410 e. The summed E-state index contributed by atoms with van der Waals surface area (Å²) in [5, 5.41) is 0. The summed E-state index contributed by atoms with van der Waals surface area (Å²) in [4.78, 5) is 34.4. The van der Waals surface area contributed by atoms with Gasteiger partial charge in [-0.1, -0.05) is 24.4 Å². The van der Waals surface area contributed by atoms with Gasteiger partial charge in [0.1, 0.15) is 5.60 Å². The number of methoxy groups -OCH3 is 1. The van der Waals surface area contributed by atoms with E-state index >= 15 is 0 Å². The quantitative estimate of drug-likeness (QED) is 0.393. The van der Waals surface area contributed by atoms with E-state index in [0.29, 0.717) is 24.0 Å². The van der Waals surface area contributed by atoms with Crippen LogP contribution in [0, 0.1) is 17.8 Å². The van der Waals surface area contributed by atoms with Crippen LogP contribution >= 0.6 is 24.4 Å². The first-order chi connectivity index (χ1) is 17.1. The van der Waals surface area contributed by atoms with Gasteiger partial charge in [0.2, 0.25) is 0 Å². The fourth-order valence-electron chi connectivity index (χ4n) is 8.57. The number of ether oxygens (including phenoxy) is 2. The summed E-state index contributed by atoms with van der Waals surface area (Å²) in [6, 6.07) is 1.75. The molecule has 6 aliphatic heterocycles. The van der Waals surface area contributed by atoms with Gasteiger partial charge in [-0.05, 0) is 78.6 Å². The maximum absolute atomic E-state index is 13.0. The van der Waals surface area contributed by atoms with Crippen molar-refractivity contribution in [3.8, 4) is 0 Å². The van der Waals surface area contributed by atoms with Crippen molar-refractivity contribution in [2.45, 2.75) is 120 Å². The van der Waals surface area contributed by atoms with Crippen molar-refractivity contribution in [3.63, 3.8) is 0 Å². The van der Waals surface area contributed by atoms with Crippen LogP contribution in [0.2, 0.25) is 0 Å². The molecule has 36 heavy (non-hydrogen) atoms. The van der Waals surface area contributed by atoms with Crippen LogP contribution in [0.15, 0.2) is 0 Å². The molecule has 0 aromatic heterocycles. The van der Waals surface area contributed by atoms with Crippen molar-refractivity contribution in [3.05, 3.63) is 0 Å². The van der Waals surface area contributed by atoms with Crippen LogP contribution < -0.4 is 0 Å². The van der Waals surface area contributed by atoms with Gasteiger partial charge in [-0.15, -0.1) is 0 Å². The number of amides is 1. The molecule has 6 bridgehead atoms. The molecular weight excluding hydrogens is 494 g/mol. The third-order valence-corrected chi connectivity index (χ3v) is 10.9. The van der Waals surface area contributed by atoms with E-state index in [-0.39, 0.29) is 42.0 Å². The lowest BCUT2D eigenvalue weighted by Gasteiger charge is -2.35. The van der Waals surface area contributed by atoms with Crippen molar-refractivity contribution in [1.82, 2.24) is 14.7 Å². The molecule has 0 radical (unpaired) electrons. The Balaban J connectivity index is 1.15. The lowest BCUT2D eigenvalue weighted by atomic mass is 9.87. The van der Waals surface area contributed by atoms with Gasteiger partial charge in [-0.3, -0.25) is 4.79 Å². The molecule has 0 unspecified atom stereocenters. The van der Waals surface area contributed by atoms with Crippen LogP contribution in [-0.2, 0) is 14.3 Å². The van der Waals surface area contributed by atoms with Gasteiger partial charge >= 0.3 is 12.1 Å². The molecule has 0 aliphatic carbocycles. The standard InChI is InChI=1S/C27H39N3O4S2/c1-27(2,3)34-26(32)30-16-7-9-21(30)18(12-16)24(36)28-14-5-8-20(28)17(11-14)23(35)29-15-6-10-22(29)19(13-15)25(31)33-4/h14-22H,5-13H2,1-4H3/t14-,15-,16-,17+,18+,19+,20-,21-,22-/m0/s1. The number of carbonyl (C=O) groups excluding carboxylic acids is 2. The number of esters is 1. The zero-order chi connectivity index (χ0) is 25.5. The highest BCUT2D eigenvalue weighted by Gasteiger charge is 2.58. The third-order valence-electron chi connectivity index (χ3n) is 9.86. The molecule has 1 amide bonds. The monoisotopic (exact) mass is 533 g/mol. The summed E-state index contributed by atoms with van der Waals surface area (Å²) in [5.74, 6) is 0.414. The predicted octanol–water partition coefficient (Wildman–Crippen LogP) is 4.31. The first-order valence-corrected chi connectivity index (χ1v) is 14.6. The summed E-state index contributed by atoms with van der Waals surface area (Å²) in [6.07, 6.45) is 9.16. The van der Waals surface area contributed by atoms with Gasteiger partial charge in [-0.2, -0.15) is 0 Å². The van der Waals surface area contributed by atoms with Gasteiger partial charge < -0.3 is 24.2 Å². The second-order valence-electron chi connectivity index (χ2n) is 12.8. The van der Waals surface area contributed by atoms with Gasteiger partial charge in [0.25, 0.3) is 0 Å². The Morgan fingerprint density at radius 2 is 1.11 bits per heavy atom. The fraction of sp³-hybridized carbons (Fsp3) is 0.852. The van der Waals surface area contributed by atoms with Crippen LogP contribution in [0.1, 0.15) is 78.6 Å². The lowest BCUT2D eigenvalue weighted by molar-refractivity contribution is -0.146. The average Bonchev–Trinajstić information content (AvgIpc) is 3.67. The predicted molar refractivity (Wildman–Crippen MR) is 144 cm³/mol. The van der Waals surface area contributed by atoms with E-state index in [4.69, 9.17) is 33.9 Å². The maximum atomic E-state index is 13.0. The number of hydrogen-bond donors (Lipinski definition) is 0. The van der Waals surface area contributed by atoms with Crippen LogP contribution in [0.4, 0.5) is 4.79 Å². The Bertz CT molecular complexity index is 983. The molecule has 0 aromatic carbocycles. The molecule has 0 N–H and O–H groups in total. The SMILES string of the molecule is COC(=O)[C@@H]1C[C@@H]2CC[C@@H]1N2C(=S)[C@@H]1C[C@@H]2CC[C@@H]1N2C(=S)[C@@H]1C[C@@H]2CC[C@@H]1N2C(=O)OC(C)(C)C. The van der Waals surface area contributed by atoms with Crippen LogP contribution in [0.25, 0.3) is 0 Å². The van der Waals surface area contributed by atoms with E-state index in [1.165, 1.54) is 7.11 Å². The molecule has 6 fully saturated rings. The molecule has 9 atom stereocenters. The first kappa shape index (κ1) is 24.8. The Morgan fingerprint density at radius 3 is 1.58 bits per heavy atom. The highest BCUT2D eigenvalue weighted by molar-refractivity contribution is 7.80. The first-order valence-electron chi connectivity index (χ1n) is 13.8. The molecule has 6 saturated heterocycles. The minimum absolute atomic E-state index is 0.0460. The summed E-state index contributed by atoms with van der Waals surface area (Å²) >= 11 is 12.4. The van der Waals surface area contributed by atoms with Crippen LogP contribution in [0.5, 0.6) is 0 Å². The number of fused-ring (bicyclic) bond motifs is 6. The second-order valence-corrected chi connectivity index (χ2v) is 13.7.